The lowest BCUT2D eigenvalue weighted by Crippen LogP contribution is -2.30. The van der Waals surface area contributed by atoms with E-state index in [1.54, 1.807) is 7.11 Å². The number of nitrogens with one attached hydrogen (secondary N) is 1. The van der Waals surface area contributed by atoms with Crippen molar-refractivity contribution in [2.24, 2.45) is 5.92 Å². The third-order valence-electron chi connectivity index (χ3n) is 2.69. The first kappa shape index (κ1) is 14.5. The van der Waals surface area contributed by atoms with Crippen LogP contribution in [0.5, 0.6) is 5.75 Å². The minimum Gasteiger partial charge on any atom is -0.497 e. The van der Waals surface area contributed by atoms with Gasteiger partial charge in [-0.05, 0) is 29.7 Å². The molecule has 0 fully saturated rings. The maximum Gasteiger partial charge on any atom is 0.119 e. The van der Waals surface area contributed by atoms with E-state index in [2.05, 4.69) is 21.2 Å². The molecule has 0 bridgehead atoms. The Kier molecular flexibility index (Phi) is 5.95. The summed E-state index contributed by atoms with van der Waals surface area (Å²) in [6.07, 6.45) is -0.306. The molecule has 0 aromatic heterocycles. The van der Waals surface area contributed by atoms with Crippen molar-refractivity contribution >= 4 is 15.9 Å². The number of methoxy groups -OCH3 is 1. The van der Waals surface area contributed by atoms with Gasteiger partial charge in [-0.15, -0.1) is 0 Å². The predicted molar refractivity (Wildman–Crippen MR) is 73.2 cm³/mol. The molecule has 0 aliphatic carbocycles. The lowest BCUT2D eigenvalue weighted by Gasteiger charge is -2.15. The molecule has 0 spiro atoms. The molecule has 17 heavy (non-hydrogen) atoms. The van der Waals surface area contributed by atoms with Gasteiger partial charge in [0.15, 0.2) is 0 Å². The van der Waals surface area contributed by atoms with E-state index < -0.39 is 0 Å². The van der Waals surface area contributed by atoms with Gasteiger partial charge in [-0.25, -0.2) is 0 Å². The molecule has 1 atom stereocenters. The van der Waals surface area contributed by atoms with Gasteiger partial charge in [0.25, 0.3) is 0 Å². The summed E-state index contributed by atoms with van der Waals surface area (Å²) in [5, 5.41) is 12.9. The number of halogens is 1. The fourth-order valence-electron chi connectivity index (χ4n) is 1.40. The van der Waals surface area contributed by atoms with E-state index in [0.29, 0.717) is 13.1 Å². The number of hydrogen-bond donors (Lipinski definition) is 2. The fraction of sp³-hybridized carbons (Fsp3) is 0.538. The molecule has 0 aliphatic rings. The van der Waals surface area contributed by atoms with E-state index in [1.807, 2.05) is 32.0 Å². The van der Waals surface area contributed by atoms with Crippen molar-refractivity contribution in [1.82, 2.24) is 5.32 Å². The molecule has 1 aromatic rings. The van der Waals surface area contributed by atoms with Crippen LogP contribution in [-0.2, 0) is 6.54 Å². The highest BCUT2D eigenvalue weighted by molar-refractivity contribution is 9.10. The number of rotatable bonds is 6. The second-order valence-corrected chi connectivity index (χ2v) is 5.25. The van der Waals surface area contributed by atoms with Crippen LogP contribution in [0.15, 0.2) is 22.7 Å². The van der Waals surface area contributed by atoms with Crippen LogP contribution in [0.25, 0.3) is 0 Å². The summed E-state index contributed by atoms with van der Waals surface area (Å²) in [4.78, 5) is 0. The highest BCUT2D eigenvalue weighted by Gasteiger charge is 2.08. The molecule has 2 N–H and O–H groups in total. The van der Waals surface area contributed by atoms with Crippen LogP contribution in [0.3, 0.4) is 0 Å². The molecule has 0 saturated carbocycles. The average molecular weight is 302 g/mol. The molecular formula is C13H20BrNO2. The highest BCUT2D eigenvalue weighted by atomic mass is 79.9. The van der Waals surface area contributed by atoms with Gasteiger partial charge in [-0.2, -0.15) is 0 Å². The van der Waals surface area contributed by atoms with Gasteiger partial charge in [-0.1, -0.05) is 29.8 Å². The van der Waals surface area contributed by atoms with Crippen LogP contribution < -0.4 is 10.1 Å². The number of ether oxygens (including phenoxy) is 1. The van der Waals surface area contributed by atoms with Crippen molar-refractivity contribution in [3.8, 4) is 5.75 Å². The number of aliphatic hydroxyl groups is 1. The Bertz CT molecular complexity index is 355. The second-order valence-electron chi connectivity index (χ2n) is 4.40. The first-order chi connectivity index (χ1) is 8.04. The smallest absolute Gasteiger partial charge is 0.119 e. The van der Waals surface area contributed by atoms with Crippen molar-refractivity contribution in [3.05, 3.63) is 28.2 Å². The average Bonchev–Trinajstić information content (AvgIpc) is 2.31. The van der Waals surface area contributed by atoms with Gasteiger partial charge in [0.05, 0.1) is 13.2 Å². The molecule has 0 heterocycles. The predicted octanol–water partition coefficient (Wildman–Crippen LogP) is 2.56. The van der Waals surface area contributed by atoms with Gasteiger partial charge >= 0.3 is 0 Å². The van der Waals surface area contributed by atoms with Crippen LogP contribution in [0.2, 0.25) is 0 Å². The third-order valence-corrected chi connectivity index (χ3v) is 3.46. The van der Waals surface area contributed by atoms with E-state index >= 15 is 0 Å². The number of hydrogen-bond acceptors (Lipinski definition) is 3. The van der Waals surface area contributed by atoms with E-state index in [-0.39, 0.29) is 12.0 Å². The SMILES string of the molecule is COc1ccc(Br)c(CNCC(O)C(C)C)c1. The van der Waals surface area contributed by atoms with Crippen LogP contribution >= 0.6 is 15.9 Å². The van der Waals surface area contributed by atoms with Crippen molar-refractivity contribution < 1.29 is 9.84 Å². The van der Waals surface area contributed by atoms with Gasteiger partial charge < -0.3 is 15.2 Å². The molecule has 0 amide bonds. The molecule has 0 radical (unpaired) electrons. The van der Waals surface area contributed by atoms with Crippen LogP contribution in [0.4, 0.5) is 0 Å². The molecule has 0 saturated heterocycles. The zero-order chi connectivity index (χ0) is 12.8. The number of aliphatic hydroxyl groups excluding tert-OH is 1. The van der Waals surface area contributed by atoms with Gasteiger partial charge in [-0.3, -0.25) is 0 Å². The summed E-state index contributed by atoms with van der Waals surface area (Å²) < 4.78 is 6.22. The zero-order valence-electron chi connectivity index (χ0n) is 10.5. The Morgan fingerprint density at radius 2 is 2.12 bits per heavy atom. The van der Waals surface area contributed by atoms with Gasteiger partial charge in [0.1, 0.15) is 5.75 Å². The molecule has 4 heteroatoms. The molecule has 3 nitrogen and oxygen atoms in total. The first-order valence-electron chi connectivity index (χ1n) is 5.75. The molecule has 1 aromatic carbocycles. The third kappa shape index (κ3) is 4.66. The molecule has 1 unspecified atom stereocenters. The lowest BCUT2D eigenvalue weighted by atomic mass is 10.1. The first-order valence-corrected chi connectivity index (χ1v) is 6.55. The Morgan fingerprint density at radius 3 is 2.71 bits per heavy atom. The van der Waals surface area contributed by atoms with Gasteiger partial charge in [0, 0.05) is 17.6 Å². The number of benzene rings is 1. The van der Waals surface area contributed by atoms with Crippen molar-refractivity contribution in [1.29, 1.82) is 0 Å². The summed E-state index contributed by atoms with van der Waals surface area (Å²) in [5.74, 6) is 1.12. The summed E-state index contributed by atoms with van der Waals surface area (Å²) >= 11 is 3.50. The molecular weight excluding hydrogens is 282 g/mol. The minimum atomic E-state index is -0.306. The Balaban J connectivity index is 2.51. The van der Waals surface area contributed by atoms with E-state index in [9.17, 15) is 5.11 Å². The van der Waals surface area contributed by atoms with Crippen LogP contribution in [0, 0.1) is 5.92 Å². The summed E-state index contributed by atoms with van der Waals surface area (Å²) in [6, 6.07) is 5.87. The Hall–Kier alpha value is -0.580. The largest absolute Gasteiger partial charge is 0.497 e. The normalized spacial score (nSPS) is 12.8. The fourth-order valence-corrected chi connectivity index (χ4v) is 1.79. The quantitative estimate of drug-likeness (QED) is 0.848. The van der Waals surface area contributed by atoms with E-state index in [0.717, 1.165) is 15.8 Å². The zero-order valence-corrected chi connectivity index (χ0v) is 12.1. The van der Waals surface area contributed by atoms with Crippen molar-refractivity contribution in [2.75, 3.05) is 13.7 Å². The molecule has 1 rings (SSSR count). The van der Waals surface area contributed by atoms with E-state index in [4.69, 9.17) is 4.74 Å². The summed E-state index contributed by atoms with van der Waals surface area (Å²) in [7, 11) is 1.66. The lowest BCUT2D eigenvalue weighted by molar-refractivity contribution is 0.123. The Labute approximate surface area is 111 Å². The molecule has 0 aliphatic heterocycles. The van der Waals surface area contributed by atoms with Crippen molar-refractivity contribution in [3.63, 3.8) is 0 Å². The summed E-state index contributed by atoms with van der Waals surface area (Å²) in [5.41, 5.74) is 1.13. The minimum absolute atomic E-state index is 0.274. The summed E-state index contributed by atoms with van der Waals surface area (Å²) in [6.45, 7) is 5.32. The topological polar surface area (TPSA) is 41.5 Å². The highest BCUT2D eigenvalue weighted by Crippen LogP contribution is 2.22. The maximum absolute atomic E-state index is 9.68. The van der Waals surface area contributed by atoms with E-state index in [1.165, 1.54) is 0 Å². The van der Waals surface area contributed by atoms with Gasteiger partial charge in [0.2, 0.25) is 0 Å². The van der Waals surface area contributed by atoms with Crippen LogP contribution in [0.1, 0.15) is 19.4 Å². The van der Waals surface area contributed by atoms with Crippen molar-refractivity contribution in [2.45, 2.75) is 26.5 Å². The van der Waals surface area contributed by atoms with Crippen LogP contribution in [-0.4, -0.2) is 24.9 Å². The monoisotopic (exact) mass is 301 g/mol. The Morgan fingerprint density at radius 1 is 1.41 bits per heavy atom. The maximum atomic E-state index is 9.68. The molecule has 96 valence electrons. The standard InChI is InChI=1S/C13H20BrNO2/c1-9(2)13(16)8-15-7-10-6-11(17-3)4-5-12(10)14/h4-6,9,13,15-16H,7-8H2,1-3H3. The second kappa shape index (κ2) is 6.99.